The van der Waals surface area contributed by atoms with Crippen LogP contribution in [0.4, 0.5) is 9.18 Å². The molecular weight excluding hydrogens is 407 g/mol. The first kappa shape index (κ1) is 22.6. The van der Waals surface area contributed by atoms with Gasteiger partial charge in [0, 0.05) is 33.6 Å². The van der Waals surface area contributed by atoms with Gasteiger partial charge in [0.1, 0.15) is 6.17 Å². The standard InChI is InChI=1S/C25H33FN4O2/c1-27-22-11-21(26)17-30(22)23(31)9-10-25(12-18-7-5-4-6-8-18)13-19-15-29(16-20(19)14-25)24(32)28(2)3/h4-8,19-22H,9-17H2,2-3H3/t19-,20+,21-,22-,25?/m0/s1. The van der Waals surface area contributed by atoms with Crippen molar-refractivity contribution in [3.8, 4) is 0 Å². The number of carbonyl (C=O) groups excluding carboxylic acids is 2. The highest BCUT2D eigenvalue weighted by molar-refractivity contribution is 5.77. The van der Waals surface area contributed by atoms with E-state index in [0.717, 1.165) is 38.8 Å². The van der Waals surface area contributed by atoms with Crippen molar-refractivity contribution in [3.63, 3.8) is 0 Å². The second-order valence-corrected chi connectivity index (χ2v) is 10.2. The minimum atomic E-state index is -1.10. The van der Waals surface area contributed by atoms with Crippen molar-refractivity contribution in [2.24, 2.45) is 17.3 Å². The number of fused-ring (bicyclic) bond motifs is 1. The van der Waals surface area contributed by atoms with E-state index >= 15 is 0 Å². The summed E-state index contributed by atoms with van der Waals surface area (Å²) < 4.78 is 13.8. The van der Waals surface area contributed by atoms with Crippen molar-refractivity contribution >= 4 is 11.9 Å². The number of halogens is 1. The van der Waals surface area contributed by atoms with E-state index in [4.69, 9.17) is 6.57 Å². The predicted octanol–water partition coefficient (Wildman–Crippen LogP) is 3.83. The summed E-state index contributed by atoms with van der Waals surface area (Å²) in [5.41, 5.74) is 1.27. The van der Waals surface area contributed by atoms with Gasteiger partial charge in [-0.2, -0.15) is 0 Å². The van der Waals surface area contributed by atoms with Crippen LogP contribution in [0.25, 0.3) is 4.85 Å². The highest BCUT2D eigenvalue weighted by Crippen LogP contribution is 2.53. The number of hydrogen-bond donors (Lipinski definition) is 0. The lowest BCUT2D eigenvalue weighted by atomic mass is 9.75. The van der Waals surface area contributed by atoms with Crippen molar-refractivity contribution < 1.29 is 14.0 Å². The molecule has 2 aliphatic heterocycles. The highest BCUT2D eigenvalue weighted by Gasteiger charge is 2.50. The molecule has 7 heteroatoms. The summed E-state index contributed by atoms with van der Waals surface area (Å²) in [5, 5.41) is 0. The van der Waals surface area contributed by atoms with Crippen LogP contribution < -0.4 is 0 Å². The maximum atomic E-state index is 13.8. The number of hydrogen-bond acceptors (Lipinski definition) is 2. The molecule has 0 spiro atoms. The summed E-state index contributed by atoms with van der Waals surface area (Å²) in [6.45, 7) is 8.90. The first-order chi connectivity index (χ1) is 15.3. The highest BCUT2D eigenvalue weighted by atomic mass is 19.1. The summed E-state index contributed by atoms with van der Waals surface area (Å²) >= 11 is 0. The van der Waals surface area contributed by atoms with Crippen LogP contribution in [0.2, 0.25) is 0 Å². The first-order valence-corrected chi connectivity index (χ1v) is 11.6. The largest absolute Gasteiger partial charge is 0.331 e. The Morgan fingerprint density at radius 1 is 1.16 bits per heavy atom. The molecule has 3 amide bonds. The minimum Gasteiger partial charge on any atom is -0.331 e. The monoisotopic (exact) mass is 440 g/mol. The van der Waals surface area contributed by atoms with Crippen LogP contribution in [0.1, 0.15) is 37.7 Å². The third-order valence-corrected chi connectivity index (χ3v) is 7.60. The van der Waals surface area contributed by atoms with Gasteiger partial charge in [-0.05, 0) is 48.5 Å². The SMILES string of the molecule is [C-]#[N+][C@@H]1C[C@H](F)CN1C(=O)CCC1(Cc2ccccc2)C[C@H]2CN(C(=O)N(C)C)C[C@H]2C1. The summed E-state index contributed by atoms with van der Waals surface area (Å²) in [7, 11) is 3.58. The third-order valence-electron chi connectivity index (χ3n) is 7.60. The summed E-state index contributed by atoms with van der Waals surface area (Å²) in [6, 6.07) is 10.5. The van der Waals surface area contributed by atoms with Crippen molar-refractivity contribution in [2.45, 2.75) is 50.9 Å². The topological polar surface area (TPSA) is 48.2 Å². The van der Waals surface area contributed by atoms with Crippen LogP contribution in [-0.4, -0.2) is 72.7 Å². The van der Waals surface area contributed by atoms with Crippen molar-refractivity contribution in [3.05, 3.63) is 47.3 Å². The Morgan fingerprint density at radius 3 is 2.41 bits per heavy atom. The zero-order chi connectivity index (χ0) is 22.9. The molecule has 1 aliphatic carbocycles. The molecule has 3 fully saturated rings. The van der Waals surface area contributed by atoms with Gasteiger partial charge >= 0.3 is 12.2 Å². The maximum absolute atomic E-state index is 13.8. The van der Waals surface area contributed by atoms with Crippen LogP contribution in [0.3, 0.4) is 0 Å². The smallest absolute Gasteiger partial charge is 0.319 e. The number of alkyl halides is 1. The summed E-state index contributed by atoms with van der Waals surface area (Å²) in [5.74, 6) is 0.812. The fourth-order valence-electron chi connectivity index (χ4n) is 6.17. The second kappa shape index (κ2) is 9.09. The lowest BCUT2D eigenvalue weighted by Crippen LogP contribution is -2.39. The van der Waals surface area contributed by atoms with Gasteiger partial charge < -0.3 is 9.80 Å². The molecule has 32 heavy (non-hydrogen) atoms. The fourth-order valence-corrected chi connectivity index (χ4v) is 6.17. The Kier molecular flexibility index (Phi) is 6.41. The van der Waals surface area contributed by atoms with E-state index in [-0.39, 0.29) is 30.3 Å². The van der Waals surface area contributed by atoms with Crippen LogP contribution in [0, 0.1) is 23.8 Å². The summed E-state index contributed by atoms with van der Waals surface area (Å²) in [4.78, 5) is 33.9. The average molecular weight is 441 g/mol. The van der Waals surface area contributed by atoms with Gasteiger partial charge in [-0.15, -0.1) is 0 Å². The van der Waals surface area contributed by atoms with Gasteiger partial charge in [-0.25, -0.2) is 15.8 Å². The number of benzene rings is 1. The number of nitrogens with zero attached hydrogens (tertiary/aromatic N) is 4. The summed E-state index contributed by atoms with van der Waals surface area (Å²) in [6.07, 6.45) is 2.37. The van der Waals surface area contributed by atoms with Gasteiger partial charge in [0.2, 0.25) is 5.91 Å². The number of likely N-dealkylation sites (tertiary alicyclic amines) is 2. The van der Waals surface area contributed by atoms with E-state index in [1.165, 1.54) is 10.5 Å². The Balaban J connectivity index is 1.46. The van der Waals surface area contributed by atoms with Crippen molar-refractivity contribution in [1.29, 1.82) is 0 Å². The molecule has 0 aromatic heterocycles. The maximum Gasteiger partial charge on any atom is 0.319 e. The lowest BCUT2D eigenvalue weighted by Gasteiger charge is -2.32. The molecule has 172 valence electrons. The lowest BCUT2D eigenvalue weighted by molar-refractivity contribution is -0.132. The van der Waals surface area contributed by atoms with E-state index in [9.17, 15) is 14.0 Å². The van der Waals surface area contributed by atoms with Gasteiger partial charge in [-0.1, -0.05) is 30.3 Å². The molecule has 0 bridgehead atoms. The molecule has 2 saturated heterocycles. The van der Waals surface area contributed by atoms with E-state index in [2.05, 4.69) is 17.0 Å². The average Bonchev–Trinajstić information content (AvgIpc) is 3.43. The molecule has 2 heterocycles. The van der Waals surface area contributed by atoms with E-state index in [1.54, 1.807) is 19.0 Å². The predicted molar refractivity (Wildman–Crippen MR) is 120 cm³/mol. The van der Waals surface area contributed by atoms with E-state index < -0.39 is 12.3 Å². The normalized spacial score (nSPS) is 31.4. The Hall–Kier alpha value is -2.62. The molecule has 1 saturated carbocycles. The number of amides is 3. The molecular formula is C25H33FN4O2. The van der Waals surface area contributed by atoms with Gasteiger partial charge in [0.15, 0.2) is 0 Å². The van der Waals surface area contributed by atoms with Crippen LogP contribution in [-0.2, 0) is 11.2 Å². The molecule has 0 radical (unpaired) electrons. The zero-order valence-corrected chi connectivity index (χ0v) is 19.0. The van der Waals surface area contributed by atoms with Crippen molar-refractivity contribution in [2.75, 3.05) is 33.7 Å². The molecule has 4 rings (SSSR count). The second-order valence-electron chi connectivity index (χ2n) is 10.2. The van der Waals surface area contributed by atoms with E-state index in [1.807, 2.05) is 23.1 Å². The molecule has 1 unspecified atom stereocenters. The third kappa shape index (κ3) is 4.60. The van der Waals surface area contributed by atoms with Crippen LogP contribution in [0.15, 0.2) is 30.3 Å². The first-order valence-electron chi connectivity index (χ1n) is 11.6. The molecule has 0 N–H and O–H groups in total. The van der Waals surface area contributed by atoms with Gasteiger partial charge in [0.25, 0.3) is 0 Å². The molecule has 1 aromatic rings. The van der Waals surface area contributed by atoms with Crippen LogP contribution >= 0.6 is 0 Å². The Bertz CT molecular complexity index is 870. The molecule has 1 aromatic carbocycles. The molecule has 3 aliphatic rings. The number of rotatable bonds is 5. The van der Waals surface area contributed by atoms with Gasteiger partial charge in [0.05, 0.1) is 13.0 Å². The van der Waals surface area contributed by atoms with E-state index in [0.29, 0.717) is 18.3 Å². The fraction of sp³-hybridized carbons (Fsp3) is 0.640. The molecule has 5 atom stereocenters. The Labute approximate surface area is 190 Å². The minimum absolute atomic E-state index is 0.00203. The number of carbonyl (C=O) groups is 2. The number of urea groups is 1. The molecule has 6 nitrogen and oxygen atoms in total. The zero-order valence-electron chi connectivity index (χ0n) is 19.0. The quantitative estimate of drug-likeness (QED) is 0.654. The van der Waals surface area contributed by atoms with Crippen LogP contribution in [0.5, 0.6) is 0 Å². The Morgan fingerprint density at radius 2 is 1.81 bits per heavy atom. The van der Waals surface area contributed by atoms with Gasteiger partial charge in [-0.3, -0.25) is 14.5 Å². The van der Waals surface area contributed by atoms with Crippen molar-refractivity contribution in [1.82, 2.24) is 14.7 Å².